The molecule has 0 nitrogen and oxygen atoms in total. The molecule has 0 saturated carbocycles. The molecule has 0 fully saturated rings. The molecule has 0 aliphatic carbocycles. The fourth-order valence-corrected chi connectivity index (χ4v) is 0. The lowest BCUT2D eigenvalue weighted by Gasteiger charge is -1.68. The van der Waals surface area contributed by atoms with Crippen LogP contribution < -0.4 is 0 Å². The highest BCUT2D eigenvalue weighted by molar-refractivity contribution is 4.13. The first-order valence-corrected chi connectivity index (χ1v) is 11.4. The van der Waals surface area contributed by atoms with Gasteiger partial charge in [0, 0.05) is 0 Å². The van der Waals surface area contributed by atoms with Crippen molar-refractivity contribution in [3.63, 3.8) is 0 Å². The van der Waals surface area contributed by atoms with Gasteiger partial charge in [0.15, 0.2) is 0 Å². The van der Waals surface area contributed by atoms with Gasteiger partial charge in [-0.25, -0.2) is 0 Å². The lowest BCUT2D eigenvalue weighted by atomic mass is 10.4. The van der Waals surface area contributed by atoms with Crippen LogP contribution in [0.4, 0.5) is 0 Å². The van der Waals surface area contributed by atoms with E-state index < -0.39 is 0 Å². The standard InChI is InChI=1S/3C4H10.4C3H8.CH4/c3*1-3-4-2;4*1-3-2;/h3*3-4H2,1-2H3;4*3H2,1-2H3;1H4. The van der Waals surface area contributed by atoms with E-state index >= 15 is 0 Å². The molecule has 0 aromatic heterocycles. The predicted octanol–water partition coefficient (Wildman–Crippen LogP) is 11.7. The smallest absolute Gasteiger partial charge is 0.0564 e. The largest absolute Gasteiger partial charge is 0.0776 e. The van der Waals surface area contributed by atoms with Gasteiger partial charge in [-0.05, 0) is 0 Å². The third-order valence-corrected chi connectivity index (χ3v) is 1.50. The van der Waals surface area contributed by atoms with Crippen LogP contribution in [0.2, 0.25) is 0 Å². The predicted molar refractivity (Wildman–Crippen MR) is 132 cm³/mol. The Balaban J connectivity index is -0.0000000224. The van der Waals surface area contributed by atoms with Crippen molar-refractivity contribution < 1.29 is 0 Å². The van der Waals surface area contributed by atoms with Crippen LogP contribution in [0.5, 0.6) is 0 Å². The van der Waals surface area contributed by atoms with Gasteiger partial charge in [-0.1, -0.05) is 169 Å². The molecule has 0 saturated heterocycles. The number of rotatable bonds is 3. The van der Waals surface area contributed by atoms with E-state index in [1.54, 1.807) is 0 Å². The summed E-state index contributed by atoms with van der Waals surface area (Å²) in [5, 5.41) is 0. The molecule has 0 aliphatic heterocycles. The third-order valence-electron chi connectivity index (χ3n) is 1.50. The summed E-state index contributed by atoms with van der Waals surface area (Å²) in [6.45, 7) is 30.1. The highest BCUT2D eigenvalue weighted by Crippen LogP contribution is 1.77. The van der Waals surface area contributed by atoms with E-state index in [-0.39, 0.29) is 7.43 Å². The monoisotopic (exact) mass is 367 g/mol. The number of hydrogen-bond acceptors (Lipinski definition) is 0. The Kier molecular flexibility index (Phi) is 253. The van der Waals surface area contributed by atoms with Gasteiger partial charge < -0.3 is 0 Å². The lowest BCUT2D eigenvalue weighted by molar-refractivity contribution is 0.886. The van der Waals surface area contributed by atoms with Crippen LogP contribution >= 0.6 is 0 Å². The van der Waals surface area contributed by atoms with Gasteiger partial charge >= 0.3 is 0 Å². The average molecular weight is 367 g/mol. The molecule has 0 aromatic carbocycles. The summed E-state index contributed by atoms with van der Waals surface area (Å²) in [7, 11) is 0. The third kappa shape index (κ3) is 1290. The molecular formula is C25H66. The van der Waals surface area contributed by atoms with Crippen molar-refractivity contribution in [3.8, 4) is 0 Å². The summed E-state index contributed by atoms with van der Waals surface area (Å²) < 4.78 is 0. The Morgan fingerprint density at radius 2 is 0.280 bits per heavy atom. The molecule has 25 heavy (non-hydrogen) atoms. The van der Waals surface area contributed by atoms with E-state index in [9.17, 15) is 0 Å². The number of hydrogen-bond donors (Lipinski definition) is 0. The SMILES string of the molecule is C.CCC.CCC.CCC.CCC.CCCC.CCCC.CCCC. The number of unbranched alkanes of at least 4 members (excludes halogenated alkanes) is 3. The van der Waals surface area contributed by atoms with Crippen LogP contribution in [-0.2, 0) is 0 Å². The molecule has 0 N–H and O–H groups in total. The van der Waals surface area contributed by atoms with E-state index in [1.807, 2.05) is 0 Å². The normalized spacial score (nSPS) is 6.48. The van der Waals surface area contributed by atoms with Crippen molar-refractivity contribution >= 4 is 0 Å². The Hall–Kier alpha value is 0. The fraction of sp³-hybridized carbons (Fsp3) is 1.00. The molecule has 0 heteroatoms. The van der Waals surface area contributed by atoms with Gasteiger partial charge in [0.1, 0.15) is 0 Å². The highest BCUT2D eigenvalue weighted by Gasteiger charge is 1.57. The summed E-state index contributed by atoms with van der Waals surface area (Å²) in [5.74, 6) is 0. The van der Waals surface area contributed by atoms with Crippen LogP contribution in [0.25, 0.3) is 0 Å². The first-order chi connectivity index (χ1) is 11.4. The van der Waals surface area contributed by atoms with Crippen LogP contribution in [0.3, 0.4) is 0 Å². The quantitative estimate of drug-likeness (QED) is 0.465. The van der Waals surface area contributed by atoms with Crippen LogP contribution in [0.15, 0.2) is 0 Å². The van der Waals surface area contributed by atoms with E-state index in [0.717, 1.165) is 0 Å². The van der Waals surface area contributed by atoms with Crippen LogP contribution in [0.1, 0.15) is 169 Å². The summed E-state index contributed by atoms with van der Waals surface area (Å²) in [4.78, 5) is 0. The molecule has 0 radical (unpaired) electrons. The topological polar surface area (TPSA) is 0 Å². The van der Waals surface area contributed by atoms with Gasteiger partial charge in [-0.15, -0.1) is 0 Å². The van der Waals surface area contributed by atoms with Crippen LogP contribution in [0, 0.1) is 0 Å². The second kappa shape index (κ2) is 127. The van der Waals surface area contributed by atoms with Crippen molar-refractivity contribution in [1.29, 1.82) is 0 Å². The minimum absolute atomic E-state index is 0. The first-order valence-electron chi connectivity index (χ1n) is 11.4. The Morgan fingerprint density at radius 1 is 0.240 bits per heavy atom. The molecule has 166 valence electrons. The maximum absolute atomic E-state index is 2.18. The molecule has 0 aromatic rings. The summed E-state index contributed by atoms with van der Waals surface area (Å²) in [6, 6.07) is 0. The summed E-state index contributed by atoms with van der Waals surface area (Å²) >= 11 is 0. The zero-order valence-electron chi connectivity index (χ0n) is 21.1. The Morgan fingerprint density at radius 3 is 0.280 bits per heavy atom. The van der Waals surface area contributed by atoms with Crippen molar-refractivity contribution in [2.24, 2.45) is 0 Å². The second-order valence-electron chi connectivity index (χ2n) is 5.83. The molecule has 0 rings (SSSR count). The molecule has 0 unspecified atom stereocenters. The van der Waals surface area contributed by atoms with Gasteiger partial charge in [0.25, 0.3) is 0 Å². The summed E-state index contributed by atoms with van der Waals surface area (Å²) in [6.07, 6.45) is 12.9. The molecular weight excluding hydrogens is 300 g/mol. The fourth-order valence-electron chi connectivity index (χ4n) is 0. The lowest BCUT2D eigenvalue weighted by Crippen LogP contribution is -1.47. The molecule has 0 aliphatic rings. The highest BCUT2D eigenvalue weighted by atomic mass is 13.6. The van der Waals surface area contributed by atoms with Crippen molar-refractivity contribution in [3.05, 3.63) is 0 Å². The van der Waals surface area contributed by atoms with Gasteiger partial charge in [-0.2, -0.15) is 0 Å². The minimum Gasteiger partial charge on any atom is -0.0776 e. The van der Waals surface area contributed by atoms with Crippen LogP contribution in [-0.4, -0.2) is 0 Å². The zero-order chi connectivity index (χ0) is 21.1. The zero-order valence-corrected chi connectivity index (χ0v) is 21.1. The van der Waals surface area contributed by atoms with Gasteiger partial charge in [0.05, 0.1) is 0 Å². The molecule has 0 amide bonds. The van der Waals surface area contributed by atoms with Crippen molar-refractivity contribution in [2.45, 2.75) is 169 Å². The molecule has 0 heterocycles. The summed E-state index contributed by atoms with van der Waals surface area (Å²) in [5.41, 5.74) is 0. The van der Waals surface area contributed by atoms with E-state index in [4.69, 9.17) is 0 Å². The average Bonchev–Trinajstić information content (AvgIpc) is 2.58. The second-order valence-corrected chi connectivity index (χ2v) is 5.83. The Bertz CT molecular complexity index is 42.9. The van der Waals surface area contributed by atoms with E-state index in [1.165, 1.54) is 64.2 Å². The molecule has 0 spiro atoms. The first kappa shape index (κ1) is 49.8. The van der Waals surface area contributed by atoms with E-state index in [0.29, 0.717) is 0 Å². The van der Waals surface area contributed by atoms with Crippen molar-refractivity contribution in [2.75, 3.05) is 0 Å². The van der Waals surface area contributed by atoms with E-state index in [2.05, 4.69) is 96.9 Å². The van der Waals surface area contributed by atoms with Gasteiger partial charge in [-0.3, -0.25) is 0 Å². The van der Waals surface area contributed by atoms with Gasteiger partial charge in [0.2, 0.25) is 0 Å². The maximum Gasteiger partial charge on any atom is -0.0564 e. The van der Waals surface area contributed by atoms with Crippen molar-refractivity contribution in [1.82, 2.24) is 0 Å². The molecule has 0 bridgehead atoms. The Labute approximate surface area is 169 Å². The maximum atomic E-state index is 2.18. The molecule has 0 atom stereocenters. The minimum atomic E-state index is 0.